The zero-order valence-corrected chi connectivity index (χ0v) is 24.0. The topological polar surface area (TPSA) is 37.3 Å². The molecule has 2 nitrogen and oxygen atoms in total. The summed E-state index contributed by atoms with van der Waals surface area (Å²) in [4.78, 5) is 12.5. The van der Waals surface area contributed by atoms with Crippen molar-refractivity contribution in [3.63, 3.8) is 0 Å². The molecule has 0 amide bonds. The summed E-state index contributed by atoms with van der Waals surface area (Å²) in [5.74, 6) is -0.627. The molecular formula is C32H58O2. The van der Waals surface area contributed by atoms with Crippen LogP contribution >= 0.6 is 0 Å². The second-order valence-corrected chi connectivity index (χ2v) is 12.9. The highest BCUT2D eigenvalue weighted by atomic mass is 16.4. The summed E-state index contributed by atoms with van der Waals surface area (Å²) in [5.41, 5.74) is 0.708. The van der Waals surface area contributed by atoms with E-state index >= 15 is 0 Å². The van der Waals surface area contributed by atoms with E-state index in [2.05, 4.69) is 79.3 Å². The van der Waals surface area contributed by atoms with Gasteiger partial charge >= 0.3 is 5.97 Å². The molecule has 0 aliphatic carbocycles. The fourth-order valence-electron chi connectivity index (χ4n) is 4.59. The number of hydrogen-bond donors (Lipinski definition) is 1. The second-order valence-electron chi connectivity index (χ2n) is 12.9. The maximum absolute atomic E-state index is 12.5. The van der Waals surface area contributed by atoms with Crippen LogP contribution in [0, 0.1) is 16.2 Å². The third-order valence-corrected chi connectivity index (χ3v) is 6.53. The summed E-state index contributed by atoms with van der Waals surface area (Å²) >= 11 is 0. The van der Waals surface area contributed by atoms with Crippen LogP contribution in [-0.4, -0.2) is 11.1 Å². The fourth-order valence-corrected chi connectivity index (χ4v) is 4.59. The Hall–Kier alpha value is -1.31. The average molecular weight is 475 g/mol. The van der Waals surface area contributed by atoms with E-state index in [-0.39, 0.29) is 10.8 Å². The molecule has 0 aromatic carbocycles. The van der Waals surface area contributed by atoms with E-state index in [1.165, 1.54) is 38.5 Å². The lowest BCUT2D eigenvalue weighted by Gasteiger charge is -2.34. The first-order valence-corrected chi connectivity index (χ1v) is 14.0. The van der Waals surface area contributed by atoms with Crippen LogP contribution in [0.3, 0.4) is 0 Å². The normalized spacial score (nSPS) is 14.7. The van der Waals surface area contributed by atoms with Gasteiger partial charge in [-0.15, -0.1) is 0 Å². The maximum Gasteiger partial charge on any atom is 0.309 e. The molecule has 198 valence electrons. The standard InChI is InChI=1S/C32H58O2/c1-9-10-11-12-13-14-15-16-17-18-19-20-21-22-23-32(29(33)34,25-24-30(3,4)5)27-28(2)26-31(6,7)8/h13-14,16-17H,2,9-12,15,18-27H2,1,3-8H3,(H,33,34)/b14-13-,17-16-. The predicted molar refractivity (Wildman–Crippen MR) is 151 cm³/mol. The van der Waals surface area contributed by atoms with Gasteiger partial charge in [-0.25, -0.2) is 0 Å². The Morgan fingerprint density at radius 1 is 0.706 bits per heavy atom. The molecule has 0 aliphatic heterocycles. The number of hydrogen-bond acceptors (Lipinski definition) is 1. The fraction of sp³-hybridized carbons (Fsp3) is 0.781. The molecule has 0 rings (SSSR count). The molecule has 0 spiro atoms. The molecular weight excluding hydrogens is 416 g/mol. The van der Waals surface area contributed by atoms with Gasteiger partial charge in [-0.1, -0.05) is 117 Å². The third-order valence-electron chi connectivity index (χ3n) is 6.53. The van der Waals surface area contributed by atoms with Crippen molar-refractivity contribution in [1.82, 2.24) is 0 Å². The molecule has 0 heterocycles. The van der Waals surface area contributed by atoms with Gasteiger partial charge in [-0.2, -0.15) is 0 Å². The minimum atomic E-state index is -0.668. The molecule has 0 aromatic heterocycles. The first-order valence-electron chi connectivity index (χ1n) is 14.0. The largest absolute Gasteiger partial charge is 0.481 e. The summed E-state index contributed by atoms with van der Waals surface area (Å²) < 4.78 is 0. The van der Waals surface area contributed by atoms with Crippen LogP contribution in [0.4, 0.5) is 0 Å². The van der Waals surface area contributed by atoms with E-state index in [1.54, 1.807) is 0 Å². The molecule has 1 atom stereocenters. The van der Waals surface area contributed by atoms with Gasteiger partial charge in [0.05, 0.1) is 5.41 Å². The monoisotopic (exact) mass is 474 g/mol. The van der Waals surface area contributed by atoms with Crippen LogP contribution in [0.1, 0.15) is 145 Å². The number of aliphatic carboxylic acids is 1. The second kappa shape index (κ2) is 17.2. The molecule has 0 radical (unpaired) electrons. The molecule has 0 saturated carbocycles. The van der Waals surface area contributed by atoms with Crippen LogP contribution in [-0.2, 0) is 4.79 Å². The number of carboxylic acid groups (broad SMARTS) is 1. The number of carbonyl (C=O) groups is 1. The highest BCUT2D eigenvalue weighted by molar-refractivity contribution is 5.75. The molecule has 0 aliphatic rings. The number of rotatable bonds is 19. The van der Waals surface area contributed by atoms with Crippen molar-refractivity contribution in [2.45, 2.75) is 145 Å². The average Bonchev–Trinajstić information content (AvgIpc) is 2.70. The van der Waals surface area contributed by atoms with E-state index in [9.17, 15) is 9.90 Å². The van der Waals surface area contributed by atoms with Gasteiger partial charge < -0.3 is 5.11 Å². The molecule has 34 heavy (non-hydrogen) atoms. The van der Waals surface area contributed by atoms with Gasteiger partial charge in [0.1, 0.15) is 0 Å². The minimum Gasteiger partial charge on any atom is -0.481 e. The summed E-state index contributed by atoms with van der Waals surface area (Å²) in [6.45, 7) is 19.8. The van der Waals surface area contributed by atoms with Gasteiger partial charge in [0, 0.05) is 0 Å². The van der Waals surface area contributed by atoms with E-state index in [4.69, 9.17) is 0 Å². The highest BCUT2D eigenvalue weighted by Gasteiger charge is 2.39. The van der Waals surface area contributed by atoms with E-state index in [1.807, 2.05) is 0 Å². The minimum absolute atomic E-state index is 0.142. The quantitative estimate of drug-likeness (QED) is 0.149. The van der Waals surface area contributed by atoms with Crippen LogP contribution in [0.5, 0.6) is 0 Å². The van der Waals surface area contributed by atoms with Gasteiger partial charge in [0.25, 0.3) is 0 Å². The van der Waals surface area contributed by atoms with Gasteiger partial charge in [-0.05, 0) is 75.0 Å². The van der Waals surface area contributed by atoms with Crippen LogP contribution < -0.4 is 0 Å². The molecule has 1 N–H and O–H groups in total. The Labute approximate surface area is 213 Å². The Bertz CT molecular complexity index is 612. The molecule has 0 fully saturated rings. The van der Waals surface area contributed by atoms with E-state index in [0.29, 0.717) is 6.42 Å². The van der Waals surface area contributed by atoms with Crippen molar-refractivity contribution in [1.29, 1.82) is 0 Å². The predicted octanol–water partition coefficient (Wildman–Crippen LogP) is 10.7. The van der Waals surface area contributed by atoms with Gasteiger partial charge in [-0.3, -0.25) is 4.79 Å². The van der Waals surface area contributed by atoms with E-state index < -0.39 is 11.4 Å². The Morgan fingerprint density at radius 3 is 1.76 bits per heavy atom. The SMILES string of the molecule is C=C(CC(C)(C)C)CC(CCCCCC/C=C\C/C=C\CCCCC)(CCC(C)(C)C)C(=O)O. The number of allylic oxidation sites excluding steroid dienone is 5. The van der Waals surface area contributed by atoms with Crippen LogP contribution in [0.25, 0.3) is 0 Å². The third kappa shape index (κ3) is 18.1. The lowest BCUT2D eigenvalue weighted by molar-refractivity contribution is -0.150. The Morgan fingerprint density at radius 2 is 1.26 bits per heavy atom. The summed E-state index contributed by atoms with van der Waals surface area (Å²) in [6, 6.07) is 0. The van der Waals surface area contributed by atoms with E-state index in [0.717, 1.165) is 56.9 Å². The van der Waals surface area contributed by atoms with Crippen molar-refractivity contribution in [2.24, 2.45) is 16.2 Å². The van der Waals surface area contributed by atoms with Crippen LogP contribution in [0.15, 0.2) is 36.5 Å². The Kier molecular flexibility index (Phi) is 16.5. The van der Waals surface area contributed by atoms with Crippen molar-refractivity contribution in [2.75, 3.05) is 0 Å². The zero-order chi connectivity index (χ0) is 26.1. The smallest absolute Gasteiger partial charge is 0.309 e. The number of carboxylic acids is 1. The summed E-state index contributed by atoms with van der Waals surface area (Å²) in [7, 11) is 0. The zero-order valence-electron chi connectivity index (χ0n) is 24.0. The maximum atomic E-state index is 12.5. The first-order chi connectivity index (χ1) is 15.8. The van der Waals surface area contributed by atoms with Crippen molar-refractivity contribution in [3.05, 3.63) is 36.5 Å². The number of unbranched alkanes of at least 4 members (excludes halogenated alkanes) is 7. The summed E-state index contributed by atoms with van der Waals surface area (Å²) in [6.07, 6.45) is 24.9. The van der Waals surface area contributed by atoms with Crippen LogP contribution in [0.2, 0.25) is 0 Å². The van der Waals surface area contributed by atoms with Crippen molar-refractivity contribution in [3.8, 4) is 0 Å². The molecule has 0 saturated heterocycles. The van der Waals surface area contributed by atoms with Crippen molar-refractivity contribution >= 4 is 5.97 Å². The molecule has 1 unspecified atom stereocenters. The Balaban J connectivity index is 4.57. The first kappa shape index (κ1) is 32.7. The highest BCUT2D eigenvalue weighted by Crippen LogP contribution is 2.42. The lowest BCUT2D eigenvalue weighted by atomic mass is 9.69. The molecule has 0 aromatic rings. The summed E-state index contributed by atoms with van der Waals surface area (Å²) in [5, 5.41) is 10.3. The molecule has 0 bridgehead atoms. The molecule has 2 heteroatoms. The van der Waals surface area contributed by atoms with Gasteiger partial charge in [0.2, 0.25) is 0 Å². The van der Waals surface area contributed by atoms with Gasteiger partial charge in [0.15, 0.2) is 0 Å². The lowest BCUT2D eigenvalue weighted by Crippen LogP contribution is -2.33. The van der Waals surface area contributed by atoms with Crippen molar-refractivity contribution < 1.29 is 9.90 Å².